The number of alkyl halides is 3. The molecule has 2 atom stereocenters. The normalized spacial score (nSPS) is 24.4. The zero-order valence-corrected chi connectivity index (χ0v) is 25.4. The van der Waals surface area contributed by atoms with Crippen molar-refractivity contribution in [1.29, 1.82) is 0 Å². The monoisotopic (exact) mass is 623 g/mol. The Morgan fingerprint density at radius 2 is 2.00 bits per heavy atom. The molecule has 2 aromatic rings. The van der Waals surface area contributed by atoms with E-state index in [4.69, 9.17) is 0 Å². The molecule has 1 saturated carbocycles. The van der Waals surface area contributed by atoms with Crippen molar-refractivity contribution in [2.24, 2.45) is 16.4 Å². The van der Waals surface area contributed by atoms with Gasteiger partial charge in [-0.1, -0.05) is 36.9 Å². The lowest BCUT2D eigenvalue weighted by atomic mass is 9.73. The Morgan fingerprint density at radius 1 is 1.18 bits per heavy atom. The number of nitrogens with zero attached hydrogens (tertiary/aromatic N) is 4. The van der Waals surface area contributed by atoms with Gasteiger partial charge in [-0.25, -0.2) is 0 Å². The molecule has 1 N–H and O–H groups in total. The maximum atomic E-state index is 14.5. The van der Waals surface area contributed by atoms with Crippen LogP contribution in [0.2, 0.25) is 0 Å². The molecule has 2 saturated heterocycles. The first-order valence-corrected chi connectivity index (χ1v) is 16.3. The highest BCUT2D eigenvalue weighted by atomic mass is 32.2. The van der Waals surface area contributed by atoms with Crippen molar-refractivity contribution < 1.29 is 22.8 Å². The van der Waals surface area contributed by atoms with Crippen LogP contribution in [0.15, 0.2) is 54.2 Å². The van der Waals surface area contributed by atoms with Crippen LogP contribution in [0, 0.1) is 11.3 Å². The quantitative estimate of drug-likeness (QED) is 0.385. The van der Waals surface area contributed by atoms with E-state index in [0.717, 1.165) is 48.7 Å². The van der Waals surface area contributed by atoms with E-state index in [1.807, 2.05) is 24.3 Å². The molecule has 0 aromatic heterocycles. The van der Waals surface area contributed by atoms with Crippen molar-refractivity contribution in [3.8, 4) is 0 Å². The van der Waals surface area contributed by atoms with E-state index in [2.05, 4.69) is 22.0 Å². The Labute approximate surface area is 259 Å². The van der Waals surface area contributed by atoms with Crippen LogP contribution in [0.5, 0.6) is 0 Å². The summed E-state index contributed by atoms with van der Waals surface area (Å²) >= 11 is 1.69. The molecular formula is C33H36F3N5O2S. The molecule has 5 aliphatic rings. The number of nitrogens with one attached hydrogen (secondary N) is 1. The number of hydrazone groups is 1. The fourth-order valence-corrected chi connectivity index (χ4v) is 8.63. The maximum absolute atomic E-state index is 14.5. The Bertz CT molecular complexity index is 1540. The number of anilines is 1. The van der Waals surface area contributed by atoms with Crippen molar-refractivity contribution in [3.63, 3.8) is 0 Å². The molecule has 1 aliphatic carbocycles. The van der Waals surface area contributed by atoms with Crippen molar-refractivity contribution >= 4 is 34.3 Å². The number of fused-ring (bicyclic) bond motifs is 1. The van der Waals surface area contributed by atoms with Crippen molar-refractivity contribution in [3.05, 3.63) is 76.9 Å². The third-order valence-corrected chi connectivity index (χ3v) is 11.1. The molecule has 4 heterocycles. The largest absolute Gasteiger partial charge is 0.416 e. The van der Waals surface area contributed by atoms with Gasteiger partial charge in [0.05, 0.1) is 18.0 Å². The van der Waals surface area contributed by atoms with Crippen LogP contribution in [0.3, 0.4) is 0 Å². The second kappa shape index (κ2) is 11.2. The van der Waals surface area contributed by atoms with Gasteiger partial charge in [0.15, 0.2) is 0 Å². The first-order valence-electron chi connectivity index (χ1n) is 15.4. The van der Waals surface area contributed by atoms with Crippen molar-refractivity contribution in [2.75, 3.05) is 37.0 Å². The zero-order chi connectivity index (χ0) is 30.6. The molecule has 3 fully saturated rings. The highest BCUT2D eigenvalue weighted by Crippen LogP contribution is 2.45. The fraction of sp³-hybridized carbons (Fsp3) is 0.485. The van der Waals surface area contributed by atoms with Gasteiger partial charge in [-0.15, -0.1) is 0 Å². The molecular weight excluding hydrogens is 587 g/mol. The summed E-state index contributed by atoms with van der Waals surface area (Å²) < 4.78 is 43.4. The summed E-state index contributed by atoms with van der Waals surface area (Å²) in [5.41, 5.74) is 4.59. The highest BCUT2D eigenvalue weighted by molar-refractivity contribution is 8.14. The van der Waals surface area contributed by atoms with Gasteiger partial charge >= 0.3 is 6.18 Å². The van der Waals surface area contributed by atoms with Crippen molar-refractivity contribution in [2.45, 2.75) is 57.3 Å². The van der Waals surface area contributed by atoms with E-state index in [9.17, 15) is 22.8 Å². The van der Waals surface area contributed by atoms with Crippen LogP contribution in [0.25, 0.3) is 0 Å². The van der Waals surface area contributed by atoms with Crippen LogP contribution in [0.4, 0.5) is 18.9 Å². The molecule has 2 aromatic carbocycles. The standard InChI is InChI=1S/C33H36F3N5O2S/c1-2-28(42)40-12-10-32(19-40)9-11-39(18-32)16-21-13-25-26(27(14-21)33(34,35)36)17-41(31(25)43)24-8-4-7-23(15-24)29(22-5-3-6-22)30-38-37-20-44-30/h2,4,7-8,13-15,22,29,37H,1,3,5-6,9-12,16-20H2/t29-,32+/m1/s1. The summed E-state index contributed by atoms with van der Waals surface area (Å²) in [5.74, 6) is 0.843. The van der Waals surface area contributed by atoms with Gasteiger partial charge in [-0.3, -0.25) is 19.9 Å². The molecule has 11 heteroatoms. The summed E-state index contributed by atoms with van der Waals surface area (Å²) in [6, 6.07) is 10.6. The topological polar surface area (TPSA) is 68.2 Å². The van der Waals surface area contributed by atoms with Gasteiger partial charge in [0, 0.05) is 48.8 Å². The summed E-state index contributed by atoms with van der Waals surface area (Å²) in [6.45, 7) is 6.56. The lowest BCUT2D eigenvalue weighted by molar-refractivity contribution is -0.138. The summed E-state index contributed by atoms with van der Waals surface area (Å²) in [6.07, 6.45) is 1.92. The molecule has 7 rings (SSSR count). The average molecular weight is 624 g/mol. The third-order valence-electron chi connectivity index (χ3n) is 10.2. The molecule has 0 unspecified atom stereocenters. The van der Waals surface area contributed by atoms with Crippen LogP contribution >= 0.6 is 11.8 Å². The number of carbonyl (C=O) groups is 2. The Kier molecular flexibility index (Phi) is 7.51. The van der Waals surface area contributed by atoms with Gasteiger partial charge in [0.1, 0.15) is 5.04 Å². The smallest absolute Gasteiger partial charge is 0.339 e. The Morgan fingerprint density at radius 3 is 2.70 bits per heavy atom. The third kappa shape index (κ3) is 5.31. The van der Waals surface area contributed by atoms with Crippen LogP contribution in [-0.2, 0) is 24.1 Å². The number of halogens is 3. The number of benzene rings is 2. The van der Waals surface area contributed by atoms with Gasteiger partial charge in [-0.05, 0) is 85.2 Å². The number of amides is 2. The lowest BCUT2D eigenvalue weighted by Crippen LogP contribution is -2.33. The molecule has 7 nitrogen and oxygen atoms in total. The number of thioether (sulfide) groups is 1. The van der Waals surface area contributed by atoms with Crippen molar-refractivity contribution in [1.82, 2.24) is 15.2 Å². The van der Waals surface area contributed by atoms with Gasteiger partial charge < -0.3 is 9.80 Å². The first kappa shape index (κ1) is 29.4. The molecule has 0 bridgehead atoms. The van der Waals surface area contributed by atoms with Crippen LogP contribution < -0.4 is 10.3 Å². The van der Waals surface area contributed by atoms with Gasteiger partial charge in [0.2, 0.25) is 5.91 Å². The van der Waals surface area contributed by atoms with Gasteiger partial charge in [0.25, 0.3) is 5.91 Å². The molecule has 1 spiro atoms. The number of likely N-dealkylation sites (tertiary alicyclic amines) is 2. The second-order valence-electron chi connectivity index (χ2n) is 12.9. The summed E-state index contributed by atoms with van der Waals surface area (Å²) in [7, 11) is 0. The predicted octanol–water partition coefficient (Wildman–Crippen LogP) is 5.97. The number of hydrogen-bond donors (Lipinski definition) is 1. The predicted molar refractivity (Wildman–Crippen MR) is 165 cm³/mol. The minimum Gasteiger partial charge on any atom is -0.339 e. The molecule has 4 aliphatic heterocycles. The van der Waals surface area contributed by atoms with Crippen LogP contribution in [0.1, 0.15) is 70.6 Å². The lowest BCUT2D eigenvalue weighted by Gasteiger charge is -2.34. The minimum absolute atomic E-state index is 0.0411. The number of carbonyl (C=O) groups excluding carboxylic acids is 2. The van der Waals surface area contributed by atoms with E-state index in [1.165, 1.54) is 23.5 Å². The zero-order valence-electron chi connectivity index (χ0n) is 24.5. The van der Waals surface area contributed by atoms with E-state index in [0.29, 0.717) is 43.3 Å². The SMILES string of the molecule is C=CC(=O)N1CC[C@]2(CCN(Cc3cc4c(c(C(F)(F)F)c3)CN(c3cccc([C@H](C5=NNCS5)C5CCC5)c3)C4=O)C2)C1. The highest BCUT2D eigenvalue weighted by Gasteiger charge is 2.45. The number of hydrogen-bond acceptors (Lipinski definition) is 6. The van der Waals surface area contributed by atoms with Gasteiger partial charge in [-0.2, -0.15) is 18.3 Å². The maximum Gasteiger partial charge on any atom is 0.416 e. The first-order chi connectivity index (χ1) is 21.1. The van der Waals surface area contributed by atoms with E-state index in [1.54, 1.807) is 22.7 Å². The number of rotatable bonds is 7. The molecule has 44 heavy (non-hydrogen) atoms. The molecule has 232 valence electrons. The molecule has 0 radical (unpaired) electrons. The Hall–Kier alpha value is -3.31. The average Bonchev–Trinajstić information content (AvgIpc) is 3.79. The fourth-order valence-electron chi connectivity index (χ4n) is 7.71. The second-order valence-corrected chi connectivity index (χ2v) is 13.9. The molecule has 2 amide bonds. The van der Waals surface area contributed by atoms with E-state index >= 15 is 0 Å². The summed E-state index contributed by atoms with van der Waals surface area (Å²) in [4.78, 5) is 31.4. The minimum atomic E-state index is -4.58. The van der Waals surface area contributed by atoms with E-state index in [-0.39, 0.29) is 34.9 Å². The van der Waals surface area contributed by atoms with E-state index < -0.39 is 17.6 Å². The van der Waals surface area contributed by atoms with Crippen LogP contribution in [-0.4, -0.2) is 58.7 Å². The Balaban J connectivity index is 1.14. The summed E-state index contributed by atoms with van der Waals surface area (Å²) in [5, 5.41) is 5.55.